The van der Waals surface area contributed by atoms with E-state index in [1.54, 1.807) is 12.3 Å². The molecule has 0 aliphatic rings. The second-order valence-electron chi connectivity index (χ2n) is 6.56. The molecule has 0 aromatic carbocycles. The lowest BCUT2D eigenvalue weighted by Gasteiger charge is -2.17. The summed E-state index contributed by atoms with van der Waals surface area (Å²) in [5, 5.41) is 3.39. The van der Waals surface area contributed by atoms with Crippen molar-refractivity contribution < 1.29 is 9.53 Å². The Bertz CT molecular complexity index is 455. The summed E-state index contributed by atoms with van der Waals surface area (Å²) in [6, 6.07) is 0. The van der Waals surface area contributed by atoms with Gasteiger partial charge in [-0.05, 0) is 66.1 Å². The largest absolute Gasteiger partial charge is 0.461 e. The zero-order valence-corrected chi connectivity index (χ0v) is 17.4. The van der Waals surface area contributed by atoms with Crippen LogP contribution >= 0.6 is 0 Å². The summed E-state index contributed by atoms with van der Waals surface area (Å²) in [4.78, 5) is 20.4. The zero-order valence-electron chi connectivity index (χ0n) is 17.4. The SMILES string of the molecule is C=C(/C=C\N=C(C)CNCCCCN(CC)CC)C(=O)OCCN(C)C. The Kier molecular flexibility index (Phi) is 14.8. The number of carbonyl (C=O) groups is 1. The Morgan fingerprint density at radius 3 is 2.50 bits per heavy atom. The number of ether oxygens (including phenoxy) is 1. The van der Waals surface area contributed by atoms with Crippen molar-refractivity contribution in [2.75, 3.05) is 60.0 Å². The Labute approximate surface area is 160 Å². The normalized spacial score (nSPS) is 12.3. The molecule has 0 rings (SSSR count). The molecule has 6 heteroatoms. The van der Waals surface area contributed by atoms with Gasteiger partial charge < -0.3 is 19.9 Å². The summed E-state index contributed by atoms with van der Waals surface area (Å²) in [5.41, 5.74) is 1.28. The molecule has 0 aromatic rings. The molecule has 26 heavy (non-hydrogen) atoms. The van der Waals surface area contributed by atoms with Crippen molar-refractivity contribution >= 4 is 11.7 Å². The van der Waals surface area contributed by atoms with Gasteiger partial charge in [0, 0.05) is 25.0 Å². The Morgan fingerprint density at radius 2 is 1.88 bits per heavy atom. The minimum Gasteiger partial charge on any atom is -0.461 e. The molecule has 0 atom stereocenters. The molecule has 0 heterocycles. The number of likely N-dealkylation sites (N-methyl/N-ethyl adjacent to an activating group) is 1. The molecule has 0 radical (unpaired) electrons. The molecule has 0 aromatic heterocycles. The number of rotatable bonds is 15. The van der Waals surface area contributed by atoms with Gasteiger partial charge in [0.1, 0.15) is 6.61 Å². The topological polar surface area (TPSA) is 57.2 Å². The highest BCUT2D eigenvalue weighted by atomic mass is 16.5. The quantitative estimate of drug-likeness (QED) is 0.158. The number of carbonyl (C=O) groups excluding carboxylic acids is 1. The summed E-state index contributed by atoms with van der Waals surface area (Å²) < 4.78 is 5.11. The highest BCUT2D eigenvalue weighted by Crippen LogP contribution is 1.98. The van der Waals surface area contributed by atoms with Gasteiger partial charge in [-0.15, -0.1) is 0 Å². The Hall–Kier alpha value is -1.50. The molecule has 0 aliphatic heterocycles. The van der Waals surface area contributed by atoms with Crippen LogP contribution in [0, 0.1) is 0 Å². The summed E-state index contributed by atoms with van der Waals surface area (Å²) in [5.74, 6) is -0.401. The fraction of sp³-hybridized carbons (Fsp3) is 0.700. The number of unbranched alkanes of at least 4 members (excludes halogenated alkanes) is 1. The third-order valence-corrected chi connectivity index (χ3v) is 3.96. The minimum atomic E-state index is -0.401. The molecule has 1 N–H and O–H groups in total. The van der Waals surface area contributed by atoms with Crippen LogP contribution in [0.1, 0.15) is 33.6 Å². The first-order valence-corrected chi connectivity index (χ1v) is 9.54. The standard InChI is InChI=1S/C20H38N4O2/c1-7-24(8-2)14-10-9-12-21-17-19(4)22-13-11-18(3)20(25)26-16-15-23(5)6/h11,13,21H,3,7-10,12,14-17H2,1-2,4-6H3/b13-11-,22-19?. The van der Waals surface area contributed by atoms with Crippen molar-refractivity contribution in [3.8, 4) is 0 Å². The lowest BCUT2D eigenvalue weighted by Crippen LogP contribution is -2.26. The third kappa shape index (κ3) is 13.8. The van der Waals surface area contributed by atoms with Crippen LogP contribution < -0.4 is 5.32 Å². The van der Waals surface area contributed by atoms with Crippen molar-refractivity contribution in [2.45, 2.75) is 33.6 Å². The summed E-state index contributed by atoms with van der Waals surface area (Å²) in [7, 11) is 3.86. The summed E-state index contributed by atoms with van der Waals surface area (Å²) in [6.07, 6.45) is 5.56. The van der Waals surface area contributed by atoms with E-state index >= 15 is 0 Å². The lowest BCUT2D eigenvalue weighted by atomic mass is 10.3. The average molecular weight is 367 g/mol. The van der Waals surface area contributed by atoms with E-state index in [1.165, 1.54) is 6.42 Å². The lowest BCUT2D eigenvalue weighted by molar-refractivity contribution is -0.138. The molecule has 0 amide bonds. The third-order valence-electron chi connectivity index (χ3n) is 3.96. The maximum Gasteiger partial charge on any atom is 0.337 e. The number of hydrogen-bond acceptors (Lipinski definition) is 6. The molecule has 0 unspecified atom stereocenters. The second-order valence-corrected chi connectivity index (χ2v) is 6.56. The van der Waals surface area contributed by atoms with Crippen molar-refractivity contribution in [1.82, 2.24) is 15.1 Å². The molecular formula is C20H38N4O2. The van der Waals surface area contributed by atoms with Crippen LogP contribution in [0.5, 0.6) is 0 Å². The Morgan fingerprint density at radius 1 is 1.19 bits per heavy atom. The average Bonchev–Trinajstić information content (AvgIpc) is 2.60. The van der Waals surface area contributed by atoms with E-state index in [2.05, 4.69) is 35.6 Å². The van der Waals surface area contributed by atoms with Gasteiger partial charge in [-0.2, -0.15) is 0 Å². The van der Waals surface area contributed by atoms with Crippen LogP contribution in [0.3, 0.4) is 0 Å². The maximum absolute atomic E-state index is 11.7. The fourth-order valence-corrected chi connectivity index (χ4v) is 2.18. The number of aliphatic imine (C=N–C) groups is 1. The van der Waals surface area contributed by atoms with Crippen LogP contribution in [0.2, 0.25) is 0 Å². The first-order chi connectivity index (χ1) is 12.4. The number of esters is 1. The maximum atomic E-state index is 11.7. The van der Waals surface area contributed by atoms with Gasteiger partial charge in [-0.3, -0.25) is 4.99 Å². The van der Waals surface area contributed by atoms with Gasteiger partial charge in [-0.1, -0.05) is 20.4 Å². The molecular weight excluding hydrogens is 328 g/mol. The van der Waals surface area contributed by atoms with Crippen LogP contribution in [0.25, 0.3) is 0 Å². The highest BCUT2D eigenvalue weighted by molar-refractivity contribution is 5.91. The predicted molar refractivity (Wildman–Crippen MR) is 111 cm³/mol. The van der Waals surface area contributed by atoms with E-state index in [-0.39, 0.29) is 0 Å². The van der Waals surface area contributed by atoms with Crippen molar-refractivity contribution in [2.24, 2.45) is 4.99 Å². The monoisotopic (exact) mass is 366 g/mol. The molecule has 0 bridgehead atoms. The second kappa shape index (κ2) is 15.7. The zero-order chi connectivity index (χ0) is 19.8. The van der Waals surface area contributed by atoms with Gasteiger partial charge in [-0.25, -0.2) is 4.79 Å². The Balaban J connectivity index is 3.89. The molecule has 6 nitrogen and oxygen atoms in total. The number of nitrogens with one attached hydrogen (secondary N) is 1. The molecule has 0 saturated carbocycles. The molecule has 0 aliphatic carbocycles. The molecule has 0 fully saturated rings. The highest BCUT2D eigenvalue weighted by Gasteiger charge is 2.05. The van der Waals surface area contributed by atoms with Crippen LogP contribution in [0.4, 0.5) is 0 Å². The van der Waals surface area contributed by atoms with Gasteiger partial charge in [0.15, 0.2) is 0 Å². The summed E-state index contributed by atoms with van der Waals surface area (Å²) >= 11 is 0. The predicted octanol–water partition coefficient (Wildman–Crippen LogP) is 2.33. The first kappa shape index (κ1) is 24.5. The van der Waals surface area contributed by atoms with E-state index in [0.717, 1.165) is 44.9 Å². The summed E-state index contributed by atoms with van der Waals surface area (Å²) in [6.45, 7) is 16.3. The van der Waals surface area contributed by atoms with E-state index < -0.39 is 5.97 Å². The van der Waals surface area contributed by atoms with Crippen molar-refractivity contribution in [3.63, 3.8) is 0 Å². The van der Waals surface area contributed by atoms with E-state index in [4.69, 9.17) is 4.74 Å². The van der Waals surface area contributed by atoms with Crippen LogP contribution in [-0.2, 0) is 9.53 Å². The molecule has 150 valence electrons. The van der Waals surface area contributed by atoms with Gasteiger partial charge in [0.05, 0.1) is 5.57 Å². The first-order valence-electron chi connectivity index (χ1n) is 9.54. The molecule has 0 saturated heterocycles. The van der Waals surface area contributed by atoms with E-state index in [1.807, 2.05) is 25.9 Å². The van der Waals surface area contributed by atoms with Crippen molar-refractivity contribution in [3.05, 3.63) is 24.4 Å². The number of nitrogens with zero attached hydrogens (tertiary/aromatic N) is 3. The van der Waals surface area contributed by atoms with Crippen LogP contribution in [0.15, 0.2) is 29.4 Å². The van der Waals surface area contributed by atoms with E-state index in [9.17, 15) is 4.79 Å². The fourth-order valence-electron chi connectivity index (χ4n) is 2.18. The van der Waals surface area contributed by atoms with Gasteiger partial charge in [0.25, 0.3) is 0 Å². The van der Waals surface area contributed by atoms with E-state index in [0.29, 0.717) is 18.7 Å². The smallest absolute Gasteiger partial charge is 0.337 e. The van der Waals surface area contributed by atoms with Gasteiger partial charge in [0.2, 0.25) is 0 Å². The minimum absolute atomic E-state index is 0.310. The number of hydrogen-bond donors (Lipinski definition) is 1. The van der Waals surface area contributed by atoms with Crippen LogP contribution in [-0.4, -0.2) is 81.5 Å². The molecule has 0 spiro atoms. The van der Waals surface area contributed by atoms with Crippen molar-refractivity contribution in [1.29, 1.82) is 0 Å². The van der Waals surface area contributed by atoms with Gasteiger partial charge >= 0.3 is 5.97 Å².